The average molecular weight is 665 g/mol. The fourth-order valence-electron chi connectivity index (χ4n) is 3.95. The van der Waals surface area contributed by atoms with Crippen LogP contribution in [0.4, 0.5) is 0 Å². The third-order valence-corrected chi connectivity index (χ3v) is 5.23. The first-order valence-electron chi connectivity index (χ1n) is 9.72. The first-order valence-corrected chi connectivity index (χ1v) is 9.72. The molecule has 2 aromatic carbocycles. The molecule has 0 unspecified atom stereocenters. The van der Waals surface area contributed by atoms with E-state index in [1.54, 1.807) is 0 Å². The summed E-state index contributed by atoms with van der Waals surface area (Å²) in [6.45, 7) is 8.59. The summed E-state index contributed by atoms with van der Waals surface area (Å²) in [6, 6.07) is 18.0. The van der Waals surface area contributed by atoms with E-state index >= 15 is 0 Å². The van der Waals surface area contributed by atoms with Gasteiger partial charge in [0.1, 0.15) is 17.5 Å². The van der Waals surface area contributed by atoms with Gasteiger partial charge in [-0.1, -0.05) is 51.3 Å². The van der Waals surface area contributed by atoms with E-state index in [0.717, 1.165) is 34.0 Å². The Morgan fingerprint density at radius 3 is 2.13 bits per heavy atom. The predicted molar refractivity (Wildman–Crippen MR) is 119 cm³/mol. The van der Waals surface area contributed by atoms with Crippen LogP contribution in [-0.2, 0) is 52.8 Å². The molecule has 0 spiro atoms. The summed E-state index contributed by atoms with van der Waals surface area (Å²) in [6.07, 6.45) is 1.93. The molecule has 31 heavy (non-hydrogen) atoms. The van der Waals surface area contributed by atoms with Crippen LogP contribution in [0.5, 0.6) is 0 Å². The number of aromatic nitrogens is 5. The number of nitrogens with zero attached hydrogens (tertiary/aromatic N) is 5. The van der Waals surface area contributed by atoms with Crippen molar-refractivity contribution in [1.29, 1.82) is 0 Å². The largest absolute Gasteiger partial charge is 0.358 e. The monoisotopic (exact) mass is 665 g/mol. The minimum atomic E-state index is 0. The Kier molecular flexibility index (Phi) is 8.32. The number of rotatable bonds is 3. The molecule has 0 aliphatic carbocycles. The van der Waals surface area contributed by atoms with Crippen LogP contribution in [0, 0.1) is 13.5 Å². The van der Waals surface area contributed by atoms with Crippen molar-refractivity contribution >= 4 is 27.3 Å². The molecule has 3 heterocycles. The Hall–Kier alpha value is -1.46. The molecule has 0 bridgehead atoms. The quantitative estimate of drug-likeness (QED) is 0.184. The van der Waals surface area contributed by atoms with Crippen molar-refractivity contribution in [1.82, 2.24) is 24.1 Å². The maximum absolute atomic E-state index is 4.81. The summed E-state index contributed by atoms with van der Waals surface area (Å²) in [4.78, 5) is 4.81. The Morgan fingerprint density at radius 2 is 1.48 bits per heavy atom. The van der Waals surface area contributed by atoms with Gasteiger partial charge in [-0.3, -0.25) is 9.55 Å². The Bertz CT molecular complexity index is 1310. The van der Waals surface area contributed by atoms with Gasteiger partial charge in [0.15, 0.2) is 0 Å². The van der Waals surface area contributed by atoms with E-state index < -0.39 is 0 Å². The third kappa shape index (κ3) is 4.04. The fourth-order valence-corrected chi connectivity index (χ4v) is 3.95. The van der Waals surface area contributed by atoms with Crippen LogP contribution >= 0.6 is 0 Å². The molecule has 0 amide bonds. The summed E-state index contributed by atoms with van der Waals surface area (Å²) < 4.78 is 4.39. The number of para-hydroxylation sites is 1. The fraction of sp³-hybridized carbons (Fsp3) is 0.250. The summed E-state index contributed by atoms with van der Waals surface area (Å²) in [7, 11) is 0. The molecule has 160 valence electrons. The minimum Gasteiger partial charge on any atom is -0.358 e. The maximum atomic E-state index is 4.81. The topological polar surface area (TPSA) is 48.0 Å². The van der Waals surface area contributed by atoms with Gasteiger partial charge in [-0.25, -0.2) is 0 Å². The van der Waals surface area contributed by atoms with Crippen LogP contribution in [0.15, 0.2) is 48.7 Å². The van der Waals surface area contributed by atoms with Crippen molar-refractivity contribution in [2.24, 2.45) is 0 Å². The van der Waals surface area contributed by atoms with E-state index in [2.05, 4.69) is 83.3 Å². The summed E-state index contributed by atoms with van der Waals surface area (Å²) in [5.41, 5.74) is 2.03. The van der Waals surface area contributed by atoms with Gasteiger partial charge in [-0.05, 0) is 11.5 Å². The van der Waals surface area contributed by atoms with E-state index in [1.165, 1.54) is 10.8 Å². The second-order valence-electron chi connectivity index (χ2n) is 7.81. The van der Waals surface area contributed by atoms with Crippen molar-refractivity contribution in [3.63, 3.8) is 0 Å². The molecule has 5 nitrogen and oxygen atoms in total. The van der Waals surface area contributed by atoms with E-state index in [0.29, 0.717) is 0 Å². The van der Waals surface area contributed by atoms with E-state index in [4.69, 9.17) is 4.98 Å². The normalized spacial score (nSPS) is 11.0. The van der Waals surface area contributed by atoms with Crippen LogP contribution in [-0.4, -0.2) is 24.1 Å². The predicted octanol–water partition coefficient (Wildman–Crippen LogP) is 5.71. The Labute approximate surface area is 221 Å². The molecule has 3 aromatic heterocycles. The number of pyridine rings is 1. The molecule has 0 saturated heterocycles. The molecule has 0 aliphatic rings. The zero-order valence-corrected chi connectivity index (χ0v) is 23.7. The molecule has 7 heteroatoms. The molecule has 5 aromatic rings. The second-order valence-corrected chi connectivity index (χ2v) is 7.81. The third-order valence-electron chi connectivity index (χ3n) is 5.23. The number of imidazole rings is 1. The van der Waals surface area contributed by atoms with Gasteiger partial charge in [-0.2, -0.15) is 0 Å². The number of fused-ring (bicyclic) bond motifs is 6. The summed E-state index contributed by atoms with van der Waals surface area (Å²) in [5, 5.41) is 12.4. The average Bonchev–Trinajstić information content (AvgIpc) is 3.32. The van der Waals surface area contributed by atoms with E-state index in [-0.39, 0.29) is 72.1 Å². The van der Waals surface area contributed by atoms with Gasteiger partial charge < -0.3 is 11.8 Å². The standard InChI is InChI=1S/C23H22N5.CH3.Ir.Y/c1-14(2)21-25-26-22(15(3)4)28(21)20-13-24-23-18-11-6-5-9-16(18)17-10-7-8-12-19(17)27(20)23;;;/h5-10,12-15H,1-4H3;1H3;;/q2*-1;;. The van der Waals surface area contributed by atoms with Crippen LogP contribution in [0.3, 0.4) is 0 Å². The smallest absolute Gasteiger partial charge is 0.141 e. The molecule has 0 aliphatic heterocycles. The Balaban J connectivity index is 0.00000114. The minimum absolute atomic E-state index is 0. The molecule has 0 atom stereocenters. The second kappa shape index (κ2) is 10.00. The summed E-state index contributed by atoms with van der Waals surface area (Å²) in [5.74, 6) is 3.38. The summed E-state index contributed by atoms with van der Waals surface area (Å²) >= 11 is 0. The van der Waals surface area contributed by atoms with Crippen molar-refractivity contribution in [3.8, 4) is 5.82 Å². The van der Waals surface area contributed by atoms with Gasteiger partial charge in [0.2, 0.25) is 0 Å². The number of hydrogen-bond acceptors (Lipinski definition) is 3. The molecule has 2 radical (unpaired) electrons. The zero-order valence-electron chi connectivity index (χ0n) is 18.4. The molecule has 0 saturated carbocycles. The van der Waals surface area contributed by atoms with Crippen molar-refractivity contribution in [2.45, 2.75) is 39.5 Å². The maximum Gasteiger partial charge on any atom is 0.141 e. The van der Waals surface area contributed by atoms with Gasteiger partial charge in [0.05, 0.1) is 11.8 Å². The first-order chi connectivity index (χ1) is 13.6. The van der Waals surface area contributed by atoms with Gasteiger partial charge in [0, 0.05) is 70.2 Å². The molecule has 0 N–H and O–H groups in total. The molecule has 5 rings (SSSR count). The Morgan fingerprint density at radius 1 is 0.871 bits per heavy atom. The van der Waals surface area contributed by atoms with Crippen molar-refractivity contribution in [3.05, 3.63) is 73.8 Å². The van der Waals surface area contributed by atoms with Crippen LogP contribution in [0.2, 0.25) is 0 Å². The zero-order chi connectivity index (χ0) is 19.4. The van der Waals surface area contributed by atoms with Crippen LogP contribution in [0.1, 0.15) is 51.2 Å². The van der Waals surface area contributed by atoms with Crippen molar-refractivity contribution in [2.75, 3.05) is 0 Å². The SMILES string of the molecule is CC(C)c1nnc(C(C)C)n1-c1cnc2c3[c-]cccc3c3ccccc3n12.[CH3-].[Ir].[Y]. The molecule has 0 fully saturated rings. The van der Waals surface area contributed by atoms with Crippen LogP contribution in [0.25, 0.3) is 33.1 Å². The first kappa shape index (κ1) is 25.8. The molecular formula is C24H25IrN5Y-2. The number of hydrogen-bond donors (Lipinski definition) is 0. The van der Waals surface area contributed by atoms with E-state index in [9.17, 15) is 0 Å². The molecular weight excluding hydrogens is 639 g/mol. The van der Waals surface area contributed by atoms with Gasteiger partial charge in [0.25, 0.3) is 0 Å². The van der Waals surface area contributed by atoms with Crippen molar-refractivity contribution < 1.29 is 52.8 Å². The van der Waals surface area contributed by atoms with Gasteiger partial charge >= 0.3 is 0 Å². The van der Waals surface area contributed by atoms with Crippen LogP contribution < -0.4 is 0 Å². The number of benzene rings is 2. The van der Waals surface area contributed by atoms with E-state index in [1.807, 2.05) is 18.3 Å². The van der Waals surface area contributed by atoms with Gasteiger partial charge in [-0.15, -0.1) is 39.8 Å².